The molecule has 0 bridgehead atoms. The second-order valence-corrected chi connectivity index (χ2v) is 9.88. The molecule has 0 radical (unpaired) electrons. The number of carbonyl (C=O) groups excluding carboxylic acids is 2. The number of hydrogen-bond acceptors (Lipinski definition) is 7. The lowest BCUT2D eigenvalue weighted by Crippen LogP contribution is -2.43. The highest BCUT2D eigenvalue weighted by Crippen LogP contribution is 2.20. The van der Waals surface area contributed by atoms with Crippen LogP contribution in [0.15, 0.2) is 29.2 Å². The van der Waals surface area contributed by atoms with Gasteiger partial charge in [-0.1, -0.05) is 17.7 Å². The molecule has 31 heavy (non-hydrogen) atoms. The third kappa shape index (κ3) is 7.51. The van der Waals surface area contributed by atoms with Gasteiger partial charge in [-0.3, -0.25) is 19.8 Å². The fourth-order valence-corrected chi connectivity index (χ4v) is 4.03. The van der Waals surface area contributed by atoms with Crippen LogP contribution in [0.3, 0.4) is 0 Å². The number of sulfonamides is 1. The van der Waals surface area contributed by atoms with E-state index in [0.717, 1.165) is 14.9 Å². The van der Waals surface area contributed by atoms with E-state index < -0.39 is 39.4 Å². The smallest absolute Gasteiger partial charge is 0.319 e. The minimum absolute atomic E-state index is 0.00724. The van der Waals surface area contributed by atoms with Gasteiger partial charge in [0.15, 0.2) is 0 Å². The van der Waals surface area contributed by atoms with E-state index in [9.17, 15) is 18.0 Å². The number of hydroxylamine groups is 2. The lowest BCUT2D eigenvalue weighted by Gasteiger charge is -2.26. The molecule has 11 heteroatoms. The normalized spacial score (nSPS) is 12.7. The summed E-state index contributed by atoms with van der Waals surface area (Å²) in [7, 11) is -1.41. The molecule has 0 unspecified atom stereocenters. The third-order valence-corrected chi connectivity index (χ3v) is 6.13. The molecule has 1 rings (SSSR count). The average Bonchev–Trinajstić information content (AvgIpc) is 2.65. The molecule has 1 atom stereocenters. The highest BCUT2D eigenvalue weighted by molar-refractivity contribution is 7.89. The predicted octanol–water partition coefficient (Wildman–Crippen LogP) is 1.64. The molecule has 174 valence electrons. The summed E-state index contributed by atoms with van der Waals surface area (Å²) in [6.45, 7) is 6.67. The summed E-state index contributed by atoms with van der Waals surface area (Å²) >= 11 is 0. The van der Waals surface area contributed by atoms with E-state index in [0.29, 0.717) is 0 Å². The summed E-state index contributed by atoms with van der Waals surface area (Å²) in [5.41, 5.74) is 5.60. The number of carbonyl (C=O) groups is 2. The van der Waals surface area contributed by atoms with Crippen molar-refractivity contribution < 1.29 is 27.6 Å². The van der Waals surface area contributed by atoms with Gasteiger partial charge in [0.25, 0.3) is 15.9 Å². The van der Waals surface area contributed by atoms with Crippen LogP contribution in [0.5, 0.6) is 0 Å². The molecule has 0 saturated carbocycles. The topological polar surface area (TPSA) is 143 Å². The molecule has 0 aromatic heterocycles. The van der Waals surface area contributed by atoms with Crippen molar-refractivity contribution in [3.05, 3.63) is 29.8 Å². The first-order valence-corrected chi connectivity index (χ1v) is 11.1. The Morgan fingerprint density at radius 3 is 2.19 bits per heavy atom. The maximum Gasteiger partial charge on any atom is 0.319 e. The number of benzene rings is 1. The van der Waals surface area contributed by atoms with Crippen molar-refractivity contribution >= 4 is 27.9 Å². The Morgan fingerprint density at radius 2 is 1.74 bits per heavy atom. The highest BCUT2D eigenvalue weighted by Gasteiger charge is 2.34. The maximum atomic E-state index is 12.9. The molecule has 1 aromatic carbocycles. The van der Waals surface area contributed by atoms with Crippen LogP contribution in [-0.2, 0) is 29.2 Å². The quantitative estimate of drug-likeness (QED) is 0.189. The lowest BCUT2D eigenvalue weighted by molar-refractivity contribution is -0.182. The van der Waals surface area contributed by atoms with Gasteiger partial charge < -0.3 is 10.5 Å². The number of esters is 1. The van der Waals surface area contributed by atoms with Gasteiger partial charge in [-0.25, -0.2) is 17.8 Å². The monoisotopic (exact) mass is 456 g/mol. The first-order chi connectivity index (χ1) is 14.2. The van der Waals surface area contributed by atoms with Crippen molar-refractivity contribution in [2.75, 3.05) is 20.7 Å². The number of hydrogen-bond donors (Lipinski definition) is 2. The van der Waals surface area contributed by atoms with E-state index in [-0.39, 0.29) is 24.3 Å². The van der Waals surface area contributed by atoms with Crippen LogP contribution in [0.1, 0.15) is 39.2 Å². The lowest BCUT2D eigenvalue weighted by atomic mass is 10.0. The van der Waals surface area contributed by atoms with Gasteiger partial charge in [-0.15, -0.1) is 0 Å². The van der Waals surface area contributed by atoms with Gasteiger partial charge >= 0.3 is 5.97 Å². The summed E-state index contributed by atoms with van der Waals surface area (Å²) in [4.78, 5) is 30.0. The van der Waals surface area contributed by atoms with Crippen LogP contribution in [0.2, 0.25) is 0 Å². The Bertz CT molecular complexity index is 893. The largest absolute Gasteiger partial charge is 0.459 e. The van der Waals surface area contributed by atoms with Crippen molar-refractivity contribution in [2.24, 2.45) is 11.7 Å². The minimum atomic E-state index is -4.06. The van der Waals surface area contributed by atoms with E-state index >= 15 is 0 Å². The first-order valence-electron chi connectivity index (χ1n) is 9.68. The summed E-state index contributed by atoms with van der Waals surface area (Å²) < 4.78 is 31.9. The van der Waals surface area contributed by atoms with Crippen molar-refractivity contribution in [2.45, 2.75) is 51.0 Å². The van der Waals surface area contributed by atoms with Crippen molar-refractivity contribution in [1.29, 1.82) is 5.41 Å². The van der Waals surface area contributed by atoms with E-state index in [1.54, 1.807) is 32.9 Å². The summed E-state index contributed by atoms with van der Waals surface area (Å²) in [5.74, 6) is -3.21. The third-order valence-electron chi connectivity index (χ3n) is 4.31. The fourth-order valence-electron chi connectivity index (χ4n) is 2.67. The number of aryl methyl sites for hydroxylation is 1. The fraction of sp³-hybridized carbons (Fsp3) is 0.550. The van der Waals surface area contributed by atoms with Crippen molar-refractivity contribution in [3.8, 4) is 0 Å². The SMILES string of the molecule is CON(C)C(=O)[C@H](CCCN(C(=N)N)S(=O)(=O)c1ccc(C)cc1)C(=O)OC(C)(C)C. The summed E-state index contributed by atoms with van der Waals surface area (Å²) in [6.07, 6.45) is 0.0620. The number of ether oxygens (including phenoxy) is 1. The standard InChI is InChI=1S/C20H32N4O6S/c1-14-9-11-15(12-10-14)31(27,28)24(19(21)22)13-7-8-16(17(25)23(5)29-6)18(26)30-20(2,3)4/h9-12,16H,7-8,13H2,1-6H3,(H3,21,22)/t16-/m0/s1. The van der Waals surface area contributed by atoms with Gasteiger partial charge in [-0.05, 0) is 52.7 Å². The summed E-state index contributed by atoms with van der Waals surface area (Å²) in [5, 5.41) is 8.62. The predicted molar refractivity (Wildman–Crippen MR) is 115 cm³/mol. The molecular weight excluding hydrogens is 424 g/mol. The Balaban J connectivity index is 3.02. The van der Waals surface area contributed by atoms with Crippen molar-refractivity contribution in [3.63, 3.8) is 0 Å². The molecule has 0 aliphatic rings. The van der Waals surface area contributed by atoms with Gasteiger partial charge in [0, 0.05) is 13.6 Å². The van der Waals surface area contributed by atoms with Crippen LogP contribution in [0.4, 0.5) is 0 Å². The molecule has 0 saturated heterocycles. The Kier molecular flexibility index (Phi) is 9.00. The summed E-state index contributed by atoms with van der Waals surface area (Å²) in [6, 6.07) is 6.15. The molecule has 1 amide bonds. The first kappa shape index (κ1) is 26.4. The number of nitrogens with one attached hydrogen (secondary N) is 1. The second-order valence-electron chi connectivity index (χ2n) is 8.02. The van der Waals surface area contributed by atoms with Gasteiger partial charge in [0.1, 0.15) is 11.5 Å². The average molecular weight is 457 g/mol. The number of guanidine groups is 1. The minimum Gasteiger partial charge on any atom is -0.459 e. The number of amides is 1. The Hall–Kier alpha value is -2.66. The van der Waals surface area contributed by atoms with Crippen LogP contribution in [0, 0.1) is 18.3 Å². The number of nitrogens with two attached hydrogens (primary N) is 1. The van der Waals surface area contributed by atoms with Gasteiger partial charge in [0.05, 0.1) is 12.0 Å². The van der Waals surface area contributed by atoms with Crippen molar-refractivity contribution in [1.82, 2.24) is 9.37 Å². The van der Waals surface area contributed by atoms with E-state index in [2.05, 4.69) is 0 Å². The van der Waals surface area contributed by atoms with Crippen LogP contribution in [0.25, 0.3) is 0 Å². The van der Waals surface area contributed by atoms with Crippen LogP contribution >= 0.6 is 0 Å². The zero-order valence-corrected chi connectivity index (χ0v) is 19.7. The van der Waals surface area contributed by atoms with E-state index in [1.165, 1.54) is 26.3 Å². The second kappa shape index (κ2) is 10.6. The van der Waals surface area contributed by atoms with Crippen LogP contribution < -0.4 is 5.73 Å². The Labute approximate surface area is 183 Å². The number of nitrogens with zero attached hydrogens (tertiary/aromatic N) is 2. The maximum absolute atomic E-state index is 12.9. The number of rotatable bonds is 9. The highest BCUT2D eigenvalue weighted by atomic mass is 32.2. The molecule has 1 aromatic rings. The molecule has 0 fully saturated rings. The Morgan fingerprint density at radius 1 is 1.19 bits per heavy atom. The molecule has 10 nitrogen and oxygen atoms in total. The van der Waals surface area contributed by atoms with E-state index in [1.807, 2.05) is 6.92 Å². The van der Waals surface area contributed by atoms with Gasteiger partial charge in [0.2, 0.25) is 5.96 Å². The molecule has 0 heterocycles. The zero-order chi connectivity index (χ0) is 24.0. The molecule has 3 N–H and O–H groups in total. The van der Waals surface area contributed by atoms with E-state index in [4.69, 9.17) is 20.7 Å². The zero-order valence-electron chi connectivity index (χ0n) is 18.8. The van der Waals surface area contributed by atoms with Gasteiger partial charge in [-0.2, -0.15) is 0 Å². The molecule has 0 spiro atoms. The molecule has 0 aliphatic carbocycles. The van der Waals surface area contributed by atoms with Crippen LogP contribution in [-0.4, -0.2) is 61.9 Å². The molecular formula is C20H32N4O6S. The molecule has 0 aliphatic heterocycles.